The molecular formula is C12H14ClN3. The van der Waals surface area contributed by atoms with Crippen molar-refractivity contribution >= 4 is 11.6 Å². The first-order chi connectivity index (χ1) is 7.70. The molecule has 0 aliphatic heterocycles. The van der Waals surface area contributed by atoms with Crippen molar-refractivity contribution in [2.45, 2.75) is 13.3 Å². The van der Waals surface area contributed by atoms with Gasteiger partial charge in [0.25, 0.3) is 0 Å². The Morgan fingerprint density at radius 1 is 1.38 bits per heavy atom. The van der Waals surface area contributed by atoms with E-state index in [1.807, 2.05) is 42.1 Å². The molecule has 0 unspecified atom stereocenters. The molecule has 0 aliphatic carbocycles. The number of rotatable bonds is 3. The Morgan fingerprint density at radius 3 is 2.81 bits per heavy atom. The van der Waals surface area contributed by atoms with Gasteiger partial charge in [-0.25, -0.2) is 4.68 Å². The Bertz CT molecular complexity index is 491. The Balaban J connectivity index is 2.48. The molecule has 4 heteroatoms. The van der Waals surface area contributed by atoms with Crippen LogP contribution >= 0.6 is 11.6 Å². The zero-order valence-corrected chi connectivity index (χ0v) is 9.91. The van der Waals surface area contributed by atoms with Crippen LogP contribution in [0.25, 0.3) is 5.69 Å². The van der Waals surface area contributed by atoms with E-state index in [1.165, 1.54) is 0 Å². The van der Waals surface area contributed by atoms with E-state index in [0.717, 1.165) is 23.4 Å². The molecule has 2 aromatic rings. The summed E-state index contributed by atoms with van der Waals surface area (Å²) in [4.78, 5) is 0. The summed E-state index contributed by atoms with van der Waals surface area (Å²) < 4.78 is 1.84. The first kappa shape index (κ1) is 11.2. The summed E-state index contributed by atoms with van der Waals surface area (Å²) in [5.74, 6) is 0. The molecule has 84 valence electrons. The third-order valence-corrected chi connectivity index (χ3v) is 2.67. The van der Waals surface area contributed by atoms with E-state index >= 15 is 0 Å². The van der Waals surface area contributed by atoms with Crippen LogP contribution in [-0.2, 0) is 6.42 Å². The lowest BCUT2D eigenvalue weighted by Crippen LogP contribution is -2.07. The van der Waals surface area contributed by atoms with E-state index in [2.05, 4.69) is 5.10 Å². The Hall–Kier alpha value is -1.32. The fraction of sp³-hybridized carbons (Fsp3) is 0.250. The van der Waals surface area contributed by atoms with E-state index in [9.17, 15) is 0 Å². The maximum atomic E-state index is 6.00. The minimum absolute atomic E-state index is 0.620. The van der Waals surface area contributed by atoms with Crippen molar-refractivity contribution in [1.82, 2.24) is 9.78 Å². The van der Waals surface area contributed by atoms with Crippen LogP contribution in [0.5, 0.6) is 0 Å². The van der Waals surface area contributed by atoms with Crippen LogP contribution < -0.4 is 5.73 Å². The van der Waals surface area contributed by atoms with Crippen molar-refractivity contribution in [2.24, 2.45) is 5.73 Å². The van der Waals surface area contributed by atoms with Gasteiger partial charge in [0.1, 0.15) is 0 Å². The van der Waals surface area contributed by atoms with Crippen molar-refractivity contribution in [1.29, 1.82) is 0 Å². The lowest BCUT2D eigenvalue weighted by molar-refractivity contribution is 0.838. The van der Waals surface area contributed by atoms with Gasteiger partial charge in [-0.1, -0.05) is 17.7 Å². The second-order valence-corrected chi connectivity index (χ2v) is 4.15. The number of hydrogen-bond acceptors (Lipinski definition) is 2. The van der Waals surface area contributed by atoms with Gasteiger partial charge in [-0.05, 0) is 43.7 Å². The van der Waals surface area contributed by atoms with Gasteiger partial charge >= 0.3 is 0 Å². The third-order valence-electron chi connectivity index (χ3n) is 2.43. The zero-order valence-electron chi connectivity index (χ0n) is 9.15. The highest BCUT2D eigenvalue weighted by Crippen LogP contribution is 2.20. The molecule has 0 saturated carbocycles. The monoisotopic (exact) mass is 235 g/mol. The summed E-state index contributed by atoms with van der Waals surface area (Å²) in [6, 6.07) is 7.76. The molecule has 0 bridgehead atoms. The summed E-state index contributed by atoms with van der Waals surface area (Å²) in [6.45, 7) is 2.58. The van der Waals surface area contributed by atoms with E-state index in [1.54, 1.807) is 0 Å². The molecule has 0 spiro atoms. The minimum Gasteiger partial charge on any atom is -0.330 e. The smallest absolute Gasteiger partial charge is 0.0692 e. The highest BCUT2D eigenvalue weighted by Gasteiger charge is 2.06. The first-order valence-corrected chi connectivity index (χ1v) is 5.59. The van der Waals surface area contributed by atoms with Crippen molar-refractivity contribution in [3.63, 3.8) is 0 Å². The molecule has 3 nitrogen and oxygen atoms in total. The number of halogens is 1. The van der Waals surface area contributed by atoms with E-state index in [4.69, 9.17) is 17.3 Å². The summed E-state index contributed by atoms with van der Waals surface area (Å²) in [5.41, 5.74) is 8.74. The fourth-order valence-electron chi connectivity index (χ4n) is 1.67. The quantitative estimate of drug-likeness (QED) is 0.888. The molecule has 0 atom stereocenters. The molecule has 1 heterocycles. The fourth-order valence-corrected chi connectivity index (χ4v) is 1.83. The minimum atomic E-state index is 0.620. The molecular weight excluding hydrogens is 222 g/mol. The van der Waals surface area contributed by atoms with Gasteiger partial charge in [0.05, 0.1) is 11.4 Å². The number of nitrogens with zero attached hydrogens (tertiary/aromatic N) is 2. The maximum Gasteiger partial charge on any atom is 0.0692 e. The van der Waals surface area contributed by atoms with Crippen LogP contribution in [0.15, 0.2) is 30.5 Å². The molecule has 0 radical (unpaired) electrons. The standard InChI is InChI=1S/C12H14ClN3/c1-9-5-7-16(15-9)12-8-11(13)3-2-10(12)4-6-14/h2-3,5,7-8H,4,6,14H2,1H3. The second-order valence-electron chi connectivity index (χ2n) is 3.71. The van der Waals surface area contributed by atoms with Crippen LogP contribution in [0.3, 0.4) is 0 Å². The van der Waals surface area contributed by atoms with Gasteiger partial charge in [0.2, 0.25) is 0 Å². The van der Waals surface area contributed by atoms with Crippen molar-refractivity contribution in [3.8, 4) is 5.69 Å². The molecule has 2 N–H and O–H groups in total. The summed E-state index contributed by atoms with van der Waals surface area (Å²) in [7, 11) is 0. The highest BCUT2D eigenvalue weighted by molar-refractivity contribution is 6.30. The maximum absolute atomic E-state index is 6.00. The molecule has 0 saturated heterocycles. The van der Waals surface area contributed by atoms with Gasteiger partial charge in [0.15, 0.2) is 0 Å². The number of aryl methyl sites for hydroxylation is 1. The first-order valence-electron chi connectivity index (χ1n) is 5.22. The van der Waals surface area contributed by atoms with Gasteiger partial charge in [-0.2, -0.15) is 5.10 Å². The highest BCUT2D eigenvalue weighted by atomic mass is 35.5. The molecule has 1 aromatic carbocycles. The average Bonchev–Trinajstić information content (AvgIpc) is 2.68. The largest absolute Gasteiger partial charge is 0.330 e. The van der Waals surface area contributed by atoms with Crippen molar-refractivity contribution < 1.29 is 0 Å². The van der Waals surface area contributed by atoms with Crippen LogP contribution in [0.1, 0.15) is 11.3 Å². The van der Waals surface area contributed by atoms with E-state index in [0.29, 0.717) is 11.6 Å². The topological polar surface area (TPSA) is 43.8 Å². The number of nitrogens with two attached hydrogens (primary N) is 1. The molecule has 2 rings (SSSR count). The van der Waals surface area contributed by atoms with Crippen LogP contribution in [-0.4, -0.2) is 16.3 Å². The predicted molar refractivity (Wildman–Crippen MR) is 66.1 cm³/mol. The summed E-state index contributed by atoms with van der Waals surface area (Å²) >= 11 is 6.00. The average molecular weight is 236 g/mol. The molecule has 0 amide bonds. The van der Waals surface area contributed by atoms with Crippen LogP contribution in [0, 0.1) is 6.92 Å². The van der Waals surface area contributed by atoms with Crippen molar-refractivity contribution in [2.75, 3.05) is 6.54 Å². The van der Waals surface area contributed by atoms with Gasteiger partial charge < -0.3 is 5.73 Å². The van der Waals surface area contributed by atoms with Gasteiger partial charge in [-0.15, -0.1) is 0 Å². The SMILES string of the molecule is Cc1ccn(-c2cc(Cl)ccc2CCN)n1. The lowest BCUT2D eigenvalue weighted by Gasteiger charge is -2.09. The summed E-state index contributed by atoms with van der Waals surface area (Å²) in [6.07, 6.45) is 2.76. The van der Waals surface area contributed by atoms with Crippen LogP contribution in [0.4, 0.5) is 0 Å². The molecule has 0 fully saturated rings. The third kappa shape index (κ3) is 2.26. The Labute approximate surface area is 99.8 Å². The van der Waals surface area contributed by atoms with Crippen LogP contribution in [0.2, 0.25) is 5.02 Å². The molecule has 16 heavy (non-hydrogen) atoms. The Morgan fingerprint density at radius 2 is 2.19 bits per heavy atom. The zero-order chi connectivity index (χ0) is 11.5. The van der Waals surface area contributed by atoms with E-state index in [-0.39, 0.29) is 0 Å². The molecule has 0 aliphatic rings. The summed E-state index contributed by atoms with van der Waals surface area (Å²) in [5, 5.41) is 5.09. The lowest BCUT2D eigenvalue weighted by atomic mass is 10.1. The Kier molecular flexibility index (Phi) is 3.27. The van der Waals surface area contributed by atoms with Crippen molar-refractivity contribution in [3.05, 3.63) is 46.7 Å². The number of benzene rings is 1. The predicted octanol–water partition coefficient (Wildman–Crippen LogP) is 2.34. The number of aromatic nitrogens is 2. The number of hydrogen-bond donors (Lipinski definition) is 1. The van der Waals surface area contributed by atoms with Gasteiger partial charge in [-0.3, -0.25) is 0 Å². The normalized spacial score (nSPS) is 10.7. The second kappa shape index (κ2) is 4.68. The van der Waals surface area contributed by atoms with Gasteiger partial charge in [0, 0.05) is 11.2 Å². The van der Waals surface area contributed by atoms with E-state index < -0.39 is 0 Å². The molecule has 1 aromatic heterocycles.